The van der Waals surface area contributed by atoms with Gasteiger partial charge in [0.2, 0.25) is 0 Å². The van der Waals surface area contributed by atoms with Crippen molar-refractivity contribution in [1.29, 1.82) is 0 Å². The molecule has 0 spiro atoms. The van der Waals surface area contributed by atoms with Crippen molar-refractivity contribution in [3.63, 3.8) is 0 Å². The zero-order valence-electron chi connectivity index (χ0n) is 12.4. The van der Waals surface area contributed by atoms with E-state index in [1.807, 2.05) is 0 Å². The van der Waals surface area contributed by atoms with E-state index in [9.17, 15) is 4.79 Å². The van der Waals surface area contributed by atoms with Crippen LogP contribution in [0.1, 0.15) is 11.8 Å². The van der Waals surface area contributed by atoms with Gasteiger partial charge >= 0.3 is 0 Å². The van der Waals surface area contributed by atoms with Gasteiger partial charge < -0.3 is 9.80 Å². The predicted octanol–water partition coefficient (Wildman–Crippen LogP) is 3.27. The number of nitrogens with zero attached hydrogens (tertiary/aromatic N) is 4. The Morgan fingerprint density at radius 1 is 1.26 bits per heavy atom. The number of aromatic nitrogens is 2. The average molecular weight is 394 g/mol. The molecule has 3 heterocycles. The van der Waals surface area contributed by atoms with Gasteiger partial charge in [-0.05, 0) is 12.5 Å². The molecular formula is C14H15Cl3N4OS. The predicted molar refractivity (Wildman–Crippen MR) is 95.9 cm³/mol. The Hall–Kier alpha value is -0.820. The van der Waals surface area contributed by atoms with E-state index in [1.54, 1.807) is 22.6 Å². The number of fused-ring (bicyclic) bond motifs is 1. The van der Waals surface area contributed by atoms with E-state index in [2.05, 4.69) is 27.9 Å². The quantitative estimate of drug-likeness (QED) is 0.735. The minimum absolute atomic E-state index is 0.473. The van der Waals surface area contributed by atoms with Gasteiger partial charge in [0.25, 0.3) is 9.70 Å². The first-order chi connectivity index (χ1) is 10.9. The lowest BCUT2D eigenvalue weighted by molar-refractivity contribution is -0.130. The molecule has 0 aromatic carbocycles. The number of hydrogen-bond donors (Lipinski definition) is 0. The van der Waals surface area contributed by atoms with Gasteiger partial charge in [-0.15, -0.1) is 11.3 Å². The molecule has 1 amide bonds. The fraction of sp³-hybridized carbons (Fsp3) is 0.500. The molecule has 0 radical (unpaired) electrons. The second-order valence-electron chi connectivity index (χ2n) is 5.26. The van der Waals surface area contributed by atoms with E-state index in [-0.39, 0.29) is 0 Å². The van der Waals surface area contributed by atoms with E-state index in [1.165, 1.54) is 4.88 Å². The van der Waals surface area contributed by atoms with Crippen LogP contribution in [-0.4, -0.2) is 50.7 Å². The van der Waals surface area contributed by atoms with Crippen molar-refractivity contribution in [3.05, 3.63) is 17.3 Å². The summed E-state index contributed by atoms with van der Waals surface area (Å²) in [6.07, 6.45) is 2.57. The van der Waals surface area contributed by atoms with Gasteiger partial charge in [0.1, 0.15) is 17.0 Å². The first-order valence-corrected chi connectivity index (χ1v) is 9.19. The smallest absolute Gasteiger partial charge is 0.274 e. The Labute approximate surface area is 153 Å². The van der Waals surface area contributed by atoms with Crippen LogP contribution in [0.3, 0.4) is 0 Å². The third-order valence-electron chi connectivity index (χ3n) is 3.82. The maximum atomic E-state index is 12.0. The second-order valence-corrected chi connectivity index (χ2v) is 8.66. The van der Waals surface area contributed by atoms with Gasteiger partial charge in [0.05, 0.1) is 5.39 Å². The van der Waals surface area contributed by atoms with E-state index >= 15 is 0 Å². The fourth-order valence-electron chi connectivity index (χ4n) is 2.62. The summed E-state index contributed by atoms with van der Waals surface area (Å²) in [4.78, 5) is 26.8. The molecule has 0 bridgehead atoms. The number of anilines is 1. The molecule has 1 saturated heterocycles. The molecule has 2 aromatic rings. The van der Waals surface area contributed by atoms with Crippen molar-refractivity contribution in [2.45, 2.75) is 17.1 Å². The highest BCUT2D eigenvalue weighted by atomic mass is 35.6. The van der Waals surface area contributed by atoms with Gasteiger partial charge in [-0.1, -0.05) is 41.7 Å². The molecule has 0 N–H and O–H groups in total. The molecule has 1 aliphatic rings. The minimum atomic E-state index is -1.90. The number of amides is 1. The third kappa shape index (κ3) is 3.50. The van der Waals surface area contributed by atoms with Crippen molar-refractivity contribution in [1.82, 2.24) is 14.9 Å². The van der Waals surface area contributed by atoms with Crippen molar-refractivity contribution in [2.75, 3.05) is 31.1 Å². The Morgan fingerprint density at radius 2 is 1.96 bits per heavy atom. The molecule has 3 rings (SSSR count). The highest BCUT2D eigenvalue weighted by Gasteiger charge is 2.36. The molecule has 0 aliphatic carbocycles. The van der Waals surface area contributed by atoms with E-state index < -0.39 is 9.70 Å². The maximum absolute atomic E-state index is 12.0. The number of halogens is 3. The Morgan fingerprint density at radius 3 is 2.57 bits per heavy atom. The van der Waals surface area contributed by atoms with Crippen LogP contribution in [0.4, 0.5) is 5.82 Å². The summed E-state index contributed by atoms with van der Waals surface area (Å²) in [5, 5.41) is 1.07. The van der Waals surface area contributed by atoms with Gasteiger partial charge in [-0.3, -0.25) is 4.79 Å². The molecule has 5 nitrogen and oxygen atoms in total. The van der Waals surface area contributed by atoms with Crippen molar-refractivity contribution < 1.29 is 4.79 Å². The molecule has 0 atom stereocenters. The lowest BCUT2D eigenvalue weighted by Gasteiger charge is -2.36. The fourth-order valence-corrected chi connectivity index (χ4v) is 3.91. The first kappa shape index (κ1) is 17.0. The van der Waals surface area contributed by atoms with Gasteiger partial charge in [-0.2, -0.15) is 0 Å². The van der Waals surface area contributed by atoms with E-state index in [4.69, 9.17) is 34.8 Å². The number of piperazine rings is 1. The van der Waals surface area contributed by atoms with Crippen LogP contribution >= 0.6 is 46.1 Å². The first-order valence-electron chi connectivity index (χ1n) is 7.24. The molecule has 23 heavy (non-hydrogen) atoms. The Kier molecular flexibility index (Phi) is 4.88. The summed E-state index contributed by atoms with van der Waals surface area (Å²) in [5.74, 6) is 0.436. The largest absolute Gasteiger partial charge is 0.352 e. The molecule has 9 heteroatoms. The highest BCUT2D eigenvalue weighted by Crippen LogP contribution is 2.32. The van der Waals surface area contributed by atoms with Crippen LogP contribution in [0, 0.1) is 0 Å². The lowest BCUT2D eigenvalue weighted by Crippen LogP contribution is -2.52. The van der Waals surface area contributed by atoms with Gasteiger partial charge in [0, 0.05) is 31.1 Å². The highest BCUT2D eigenvalue weighted by molar-refractivity contribution is 7.18. The zero-order chi connectivity index (χ0) is 16.6. The standard InChI is InChI=1S/C14H15Cl3N4OS/c1-2-9-7-10-11(18-8-19-12(10)23-9)20-3-5-21(6-4-20)13(22)14(15,16)17/h7-8H,2-6H2,1H3. The summed E-state index contributed by atoms with van der Waals surface area (Å²) in [6, 6.07) is 2.15. The average Bonchev–Trinajstić information content (AvgIpc) is 2.96. The van der Waals surface area contributed by atoms with Gasteiger partial charge in [0.15, 0.2) is 0 Å². The molecule has 1 aliphatic heterocycles. The Bertz CT molecular complexity index is 722. The summed E-state index contributed by atoms with van der Waals surface area (Å²) < 4.78 is -1.90. The van der Waals surface area contributed by atoms with Crippen LogP contribution in [0.5, 0.6) is 0 Å². The van der Waals surface area contributed by atoms with Crippen LogP contribution in [-0.2, 0) is 11.2 Å². The van der Waals surface area contributed by atoms with Crippen LogP contribution in [0.2, 0.25) is 0 Å². The molecule has 0 unspecified atom stereocenters. The molecule has 2 aromatic heterocycles. The molecular weight excluding hydrogens is 379 g/mol. The van der Waals surface area contributed by atoms with Crippen LogP contribution in [0.25, 0.3) is 10.2 Å². The third-order valence-corrected chi connectivity index (χ3v) is 5.49. The summed E-state index contributed by atoms with van der Waals surface area (Å²) in [6.45, 7) is 4.43. The van der Waals surface area contributed by atoms with Crippen molar-refractivity contribution >= 4 is 68.1 Å². The monoisotopic (exact) mass is 392 g/mol. The van der Waals surface area contributed by atoms with Gasteiger partial charge in [-0.25, -0.2) is 9.97 Å². The number of rotatable bonds is 2. The van der Waals surface area contributed by atoms with E-state index in [0.717, 1.165) is 22.5 Å². The number of carbonyl (C=O) groups excluding carboxylic acids is 1. The number of alkyl halides is 3. The number of carbonyl (C=O) groups is 1. The second kappa shape index (κ2) is 6.59. The Balaban J connectivity index is 1.78. The summed E-state index contributed by atoms with van der Waals surface area (Å²) in [7, 11) is 0. The summed E-state index contributed by atoms with van der Waals surface area (Å²) >= 11 is 18.7. The van der Waals surface area contributed by atoms with Crippen LogP contribution < -0.4 is 4.90 Å². The SMILES string of the molecule is CCc1cc2c(N3CCN(C(=O)C(Cl)(Cl)Cl)CC3)ncnc2s1. The molecule has 1 fully saturated rings. The number of thiophene rings is 1. The van der Waals surface area contributed by atoms with Crippen molar-refractivity contribution in [2.24, 2.45) is 0 Å². The molecule has 0 saturated carbocycles. The summed E-state index contributed by atoms with van der Waals surface area (Å²) in [5.41, 5.74) is 0. The lowest BCUT2D eigenvalue weighted by atomic mass is 10.2. The van der Waals surface area contributed by atoms with E-state index in [0.29, 0.717) is 26.2 Å². The number of hydrogen-bond acceptors (Lipinski definition) is 5. The maximum Gasteiger partial charge on any atom is 0.274 e. The zero-order valence-corrected chi connectivity index (χ0v) is 15.5. The normalized spacial score (nSPS) is 16.2. The minimum Gasteiger partial charge on any atom is -0.352 e. The van der Waals surface area contributed by atoms with Crippen LogP contribution in [0.15, 0.2) is 12.4 Å². The number of aryl methyl sites for hydroxylation is 1. The topological polar surface area (TPSA) is 49.3 Å². The molecule has 124 valence electrons. The van der Waals surface area contributed by atoms with Crippen molar-refractivity contribution in [3.8, 4) is 0 Å².